The minimum absolute atomic E-state index is 0.0609. The van der Waals surface area contributed by atoms with E-state index < -0.39 is 11.9 Å². The molecule has 176 valence electrons. The van der Waals surface area contributed by atoms with Gasteiger partial charge in [0.1, 0.15) is 12.4 Å². The van der Waals surface area contributed by atoms with E-state index in [-0.39, 0.29) is 28.4 Å². The van der Waals surface area contributed by atoms with Crippen LogP contribution in [0.4, 0.5) is 10.1 Å². The van der Waals surface area contributed by atoms with E-state index in [1.54, 1.807) is 22.5 Å². The molecule has 0 spiro atoms. The summed E-state index contributed by atoms with van der Waals surface area (Å²) in [6.07, 6.45) is 4.26. The van der Waals surface area contributed by atoms with Gasteiger partial charge in [0.2, 0.25) is 11.8 Å². The van der Waals surface area contributed by atoms with E-state index in [0.717, 1.165) is 10.2 Å². The highest BCUT2D eigenvalue weighted by atomic mass is 35.5. The van der Waals surface area contributed by atoms with Crippen molar-refractivity contribution in [2.75, 3.05) is 5.32 Å². The zero-order valence-corrected chi connectivity index (χ0v) is 19.6. The second-order valence-electron chi connectivity index (χ2n) is 8.40. The molecule has 2 atom stereocenters. The molecule has 0 radical (unpaired) electrons. The summed E-state index contributed by atoms with van der Waals surface area (Å²) in [4.78, 5) is 32.2. The van der Waals surface area contributed by atoms with Crippen molar-refractivity contribution in [1.82, 2.24) is 30.1 Å². The third kappa shape index (κ3) is 3.76. The van der Waals surface area contributed by atoms with Crippen molar-refractivity contribution in [2.24, 2.45) is 0 Å². The maximum absolute atomic E-state index is 15.2. The molecule has 4 heterocycles. The van der Waals surface area contributed by atoms with Crippen LogP contribution < -0.4 is 5.32 Å². The number of carbonyl (C=O) groups is 2. The van der Waals surface area contributed by atoms with Crippen molar-refractivity contribution < 1.29 is 14.0 Å². The quantitative estimate of drug-likeness (QED) is 0.448. The van der Waals surface area contributed by atoms with Gasteiger partial charge in [-0.2, -0.15) is 4.68 Å². The van der Waals surface area contributed by atoms with Crippen molar-refractivity contribution in [2.45, 2.75) is 31.3 Å². The van der Waals surface area contributed by atoms with Crippen LogP contribution in [-0.2, 0) is 9.59 Å². The minimum atomic E-state index is -0.641. The number of amides is 2. The molecule has 0 aliphatic carbocycles. The number of nitrogens with zero attached hydrogens (tertiary/aromatic N) is 6. The van der Waals surface area contributed by atoms with Crippen molar-refractivity contribution in [3.8, 4) is 5.69 Å². The Balaban J connectivity index is 1.28. The average Bonchev–Trinajstić information content (AvgIpc) is 3.61. The van der Waals surface area contributed by atoms with Crippen LogP contribution >= 0.6 is 22.9 Å². The van der Waals surface area contributed by atoms with Crippen LogP contribution in [0.1, 0.15) is 24.8 Å². The zero-order chi connectivity index (χ0) is 24.1. The van der Waals surface area contributed by atoms with Gasteiger partial charge in [-0.1, -0.05) is 11.6 Å². The average molecular weight is 510 g/mol. The highest BCUT2D eigenvalue weighted by Crippen LogP contribution is 2.40. The maximum Gasteiger partial charge on any atom is 0.247 e. The van der Waals surface area contributed by atoms with Gasteiger partial charge in [0, 0.05) is 23.4 Å². The first-order chi connectivity index (χ1) is 17.0. The van der Waals surface area contributed by atoms with E-state index in [4.69, 9.17) is 11.6 Å². The molecule has 2 amide bonds. The van der Waals surface area contributed by atoms with Crippen molar-refractivity contribution in [3.05, 3.63) is 64.6 Å². The molecule has 35 heavy (non-hydrogen) atoms. The van der Waals surface area contributed by atoms with Crippen molar-refractivity contribution in [1.29, 1.82) is 0 Å². The van der Waals surface area contributed by atoms with Gasteiger partial charge in [0.05, 0.1) is 26.4 Å². The SMILES string of the molecule is O=C(Nc1ccc2ncsc2c1)C1CCC2CC(c3c(-n4cnnn4)ccc(Cl)c3F)=CC(=O)N21. The van der Waals surface area contributed by atoms with Crippen LogP contribution in [0.2, 0.25) is 5.02 Å². The summed E-state index contributed by atoms with van der Waals surface area (Å²) in [5.74, 6) is -1.23. The molecule has 0 bridgehead atoms. The largest absolute Gasteiger partial charge is 0.324 e. The summed E-state index contributed by atoms with van der Waals surface area (Å²) in [5, 5.41) is 14.0. The van der Waals surface area contributed by atoms with Crippen LogP contribution in [-0.4, -0.2) is 54.0 Å². The van der Waals surface area contributed by atoms with Gasteiger partial charge in [-0.15, -0.1) is 16.4 Å². The number of halogens is 2. The monoisotopic (exact) mass is 509 g/mol. The number of rotatable bonds is 4. The Kier molecular flexibility index (Phi) is 5.30. The van der Waals surface area contributed by atoms with Crippen LogP contribution in [0.15, 0.2) is 48.2 Å². The predicted octanol–water partition coefficient (Wildman–Crippen LogP) is 3.85. The standard InChI is InChI=1S/C23H17ClFN7O2S/c24-15-3-6-17(31-10-27-29-30-31)21(22(15)25)12-7-14-2-5-18(32(14)20(33)8-12)23(34)28-13-1-4-16-19(9-13)35-11-26-16/h1,3-4,6,8-11,14,18H,2,5,7H2,(H,28,34). The number of fused-ring (bicyclic) bond motifs is 2. The van der Waals surface area contributed by atoms with Gasteiger partial charge in [0.15, 0.2) is 5.82 Å². The molecule has 12 heteroatoms. The number of thiazole rings is 1. The fraction of sp³-hybridized carbons (Fsp3) is 0.217. The summed E-state index contributed by atoms with van der Waals surface area (Å²) in [5.41, 5.74) is 4.34. The van der Waals surface area contributed by atoms with Crippen LogP contribution in [0, 0.1) is 5.82 Å². The van der Waals surface area contributed by atoms with Gasteiger partial charge in [-0.25, -0.2) is 9.37 Å². The number of nitrogens with one attached hydrogen (secondary N) is 1. The fourth-order valence-corrected chi connectivity index (χ4v) is 5.73. The van der Waals surface area contributed by atoms with Crippen molar-refractivity contribution in [3.63, 3.8) is 0 Å². The van der Waals surface area contributed by atoms with Gasteiger partial charge in [-0.3, -0.25) is 9.59 Å². The topological polar surface area (TPSA) is 106 Å². The second kappa shape index (κ2) is 8.51. The molecule has 6 rings (SSSR count). The first-order valence-electron chi connectivity index (χ1n) is 10.9. The number of carbonyl (C=O) groups excluding carboxylic acids is 2. The fourth-order valence-electron chi connectivity index (χ4n) is 4.85. The lowest BCUT2D eigenvalue weighted by Crippen LogP contribution is -2.48. The molecule has 2 aliphatic heterocycles. The zero-order valence-electron chi connectivity index (χ0n) is 18.1. The lowest BCUT2D eigenvalue weighted by Gasteiger charge is -2.33. The first kappa shape index (κ1) is 21.8. The third-order valence-electron chi connectivity index (χ3n) is 6.40. The van der Waals surface area contributed by atoms with Gasteiger partial charge < -0.3 is 10.2 Å². The summed E-state index contributed by atoms with van der Waals surface area (Å²) in [6.45, 7) is 0. The van der Waals surface area contributed by atoms with E-state index in [2.05, 4.69) is 25.8 Å². The van der Waals surface area contributed by atoms with E-state index in [1.807, 2.05) is 12.1 Å². The number of benzene rings is 2. The third-order valence-corrected chi connectivity index (χ3v) is 7.49. The Morgan fingerprint density at radius 1 is 1.23 bits per heavy atom. The molecule has 2 aromatic heterocycles. The smallest absolute Gasteiger partial charge is 0.247 e. The van der Waals surface area contributed by atoms with Gasteiger partial charge in [0.25, 0.3) is 0 Å². The molecular formula is C23H17ClFN7O2S. The van der Waals surface area contributed by atoms with E-state index in [0.29, 0.717) is 36.2 Å². The second-order valence-corrected chi connectivity index (χ2v) is 9.69. The van der Waals surface area contributed by atoms with Gasteiger partial charge in [-0.05, 0) is 65.6 Å². The number of tetrazole rings is 1. The molecule has 9 nitrogen and oxygen atoms in total. The van der Waals surface area contributed by atoms with E-state index in [1.165, 1.54) is 34.5 Å². The van der Waals surface area contributed by atoms with Crippen LogP contribution in [0.5, 0.6) is 0 Å². The molecule has 1 saturated heterocycles. The van der Waals surface area contributed by atoms with Crippen LogP contribution in [0.25, 0.3) is 21.5 Å². The van der Waals surface area contributed by atoms with Crippen LogP contribution in [0.3, 0.4) is 0 Å². The molecule has 2 unspecified atom stereocenters. The summed E-state index contributed by atoms with van der Waals surface area (Å²) in [7, 11) is 0. The Hall–Kier alpha value is -3.70. The number of hydrogen-bond donors (Lipinski definition) is 1. The van der Waals surface area contributed by atoms with Gasteiger partial charge >= 0.3 is 0 Å². The summed E-state index contributed by atoms with van der Waals surface area (Å²) >= 11 is 7.56. The molecule has 2 aliphatic rings. The molecule has 4 aromatic rings. The van der Waals surface area contributed by atoms with E-state index in [9.17, 15) is 9.59 Å². The van der Waals surface area contributed by atoms with Crippen molar-refractivity contribution >= 4 is 56.2 Å². The lowest BCUT2D eigenvalue weighted by atomic mass is 9.92. The molecule has 1 fully saturated rings. The molecule has 0 saturated carbocycles. The molecule has 1 N–H and O–H groups in total. The highest BCUT2D eigenvalue weighted by molar-refractivity contribution is 7.16. The maximum atomic E-state index is 15.2. The first-order valence-corrected chi connectivity index (χ1v) is 12.1. The Morgan fingerprint density at radius 2 is 2.11 bits per heavy atom. The highest BCUT2D eigenvalue weighted by Gasteiger charge is 2.43. The normalized spacial score (nSPS) is 19.7. The molecule has 2 aromatic carbocycles. The number of anilines is 1. The Bertz CT molecular complexity index is 1500. The summed E-state index contributed by atoms with van der Waals surface area (Å²) in [6, 6.07) is 7.71. The Morgan fingerprint density at radius 3 is 2.94 bits per heavy atom. The lowest BCUT2D eigenvalue weighted by molar-refractivity contribution is -0.135. The summed E-state index contributed by atoms with van der Waals surface area (Å²) < 4.78 is 17.5. The number of aromatic nitrogens is 5. The van der Waals surface area contributed by atoms with E-state index >= 15 is 4.39 Å². The molecular weight excluding hydrogens is 493 g/mol. The number of hydrogen-bond acceptors (Lipinski definition) is 7. The Labute approximate surface area is 207 Å². The predicted molar refractivity (Wildman–Crippen MR) is 129 cm³/mol. The minimum Gasteiger partial charge on any atom is -0.324 e.